The fourth-order valence-corrected chi connectivity index (χ4v) is 4.10. The highest BCUT2D eigenvalue weighted by Crippen LogP contribution is 2.17. The van der Waals surface area contributed by atoms with Crippen LogP contribution in [0.15, 0.2) is 59.7 Å². The van der Waals surface area contributed by atoms with Crippen LogP contribution < -0.4 is 10.9 Å². The first kappa shape index (κ1) is 20.8. The molecular formula is C24H26N4O3. The lowest BCUT2D eigenvalue weighted by atomic mass is 10.1. The van der Waals surface area contributed by atoms with Crippen LogP contribution in [-0.2, 0) is 17.9 Å². The molecule has 1 N–H and O–H groups in total. The van der Waals surface area contributed by atoms with E-state index in [1.54, 1.807) is 25.5 Å². The summed E-state index contributed by atoms with van der Waals surface area (Å²) in [4.78, 5) is 43.9. The molecule has 0 spiro atoms. The normalized spacial score (nSPS) is 14.0. The second kappa shape index (κ2) is 9.12. The largest absolute Gasteiger partial charge is 0.352 e. The number of pyridine rings is 2. The van der Waals surface area contributed by atoms with Crippen LogP contribution in [0.3, 0.4) is 0 Å². The Balaban J connectivity index is 1.46. The van der Waals surface area contributed by atoms with Crippen molar-refractivity contribution in [2.75, 3.05) is 7.05 Å². The Morgan fingerprint density at radius 1 is 1.16 bits per heavy atom. The van der Waals surface area contributed by atoms with Gasteiger partial charge in [0.05, 0.1) is 5.52 Å². The van der Waals surface area contributed by atoms with E-state index < -0.39 is 5.56 Å². The Bertz CT molecular complexity index is 1160. The minimum absolute atomic E-state index is 0.0566. The van der Waals surface area contributed by atoms with Crippen molar-refractivity contribution in [3.05, 3.63) is 76.3 Å². The summed E-state index contributed by atoms with van der Waals surface area (Å²) >= 11 is 0. The summed E-state index contributed by atoms with van der Waals surface area (Å²) in [6.45, 7) is 0.276. The molecule has 1 fully saturated rings. The smallest absolute Gasteiger partial charge is 0.263 e. The van der Waals surface area contributed by atoms with Crippen LogP contribution in [0.1, 0.15) is 41.6 Å². The third-order valence-corrected chi connectivity index (χ3v) is 5.72. The summed E-state index contributed by atoms with van der Waals surface area (Å²) in [6, 6.07) is 13.0. The van der Waals surface area contributed by atoms with Gasteiger partial charge in [0.15, 0.2) is 0 Å². The molecule has 4 rings (SSSR count). The summed E-state index contributed by atoms with van der Waals surface area (Å²) < 4.78 is 1.30. The number of fused-ring (bicyclic) bond motifs is 1. The van der Waals surface area contributed by atoms with E-state index in [9.17, 15) is 14.4 Å². The van der Waals surface area contributed by atoms with E-state index in [1.165, 1.54) is 15.5 Å². The van der Waals surface area contributed by atoms with Gasteiger partial charge >= 0.3 is 0 Å². The fraction of sp³-hybridized carbons (Fsp3) is 0.333. The van der Waals surface area contributed by atoms with Gasteiger partial charge in [-0.1, -0.05) is 25.0 Å². The molecular weight excluding hydrogens is 392 g/mol. The maximum Gasteiger partial charge on any atom is 0.263 e. The molecule has 1 aliphatic carbocycles. The van der Waals surface area contributed by atoms with E-state index in [4.69, 9.17) is 0 Å². The van der Waals surface area contributed by atoms with Crippen LogP contribution >= 0.6 is 0 Å². The van der Waals surface area contributed by atoms with Gasteiger partial charge in [0.1, 0.15) is 12.1 Å². The van der Waals surface area contributed by atoms with E-state index >= 15 is 0 Å². The lowest BCUT2D eigenvalue weighted by molar-refractivity contribution is -0.122. The summed E-state index contributed by atoms with van der Waals surface area (Å²) in [5.74, 6) is -0.571. The lowest BCUT2D eigenvalue weighted by Crippen LogP contribution is -2.39. The number of benzene rings is 1. The van der Waals surface area contributed by atoms with Crippen molar-refractivity contribution in [1.29, 1.82) is 0 Å². The summed E-state index contributed by atoms with van der Waals surface area (Å²) in [5, 5.41) is 3.97. The van der Waals surface area contributed by atoms with E-state index in [1.807, 2.05) is 30.3 Å². The van der Waals surface area contributed by atoms with Crippen molar-refractivity contribution >= 4 is 22.7 Å². The molecule has 0 aliphatic heterocycles. The zero-order valence-corrected chi connectivity index (χ0v) is 17.6. The molecule has 160 valence electrons. The van der Waals surface area contributed by atoms with Crippen LogP contribution in [0.2, 0.25) is 0 Å². The van der Waals surface area contributed by atoms with Gasteiger partial charge in [-0.05, 0) is 48.7 Å². The number of aromatic nitrogens is 2. The molecule has 0 atom stereocenters. The third kappa shape index (κ3) is 4.82. The molecule has 0 saturated heterocycles. The van der Waals surface area contributed by atoms with Crippen molar-refractivity contribution in [3.8, 4) is 0 Å². The van der Waals surface area contributed by atoms with E-state index in [0.29, 0.717) is 6.54 Å². The van der Waals surface area contributed by atoms with Crippen LogP contribution in [0.25, 0.3) is 10.9 Å². The highest BCUT2D eigenvalue weighted by molar-refractivity contribution is 5.93. The van der Waals surface area contributed by atoms with Crippen molar-refractivity contribution in [3.63, 3.8) is 0 Å². The molecule has 2 amide bonds. The number of carbonyl (C=O) groups excluding carboxylic acids is 2. The Labute approximate surface area is 180 Å². The molecule has 1 aliphatic rings. The van der Waals surface area contributed by atoms with Gasteiger partial charge in [0.25, 0.3) is 11.5 Å². The van der Waals surface area contributed by atoms with Crippen molar-refractivity contribution in [2.45, 2.75) is 44.8 Å². The summed E-state index contributed by atoms with van der Waals surface area (Å²) in [7, 11) is 1.67. The number of rotatable bonds is 6. The molecule has 0 radical (unpaired) electrons. The lowest BCUT2D eigenvalue weighted by Gasteiger charge is -2.18. The molecule has 1 aromatic carbocycles. The van der Waals surface area contributed by atoms with Gasteiger partial charge in [-0.15, -0.1) is 0 Å². The quantitative estimate of drug-likeness (QED) is 0.667. The first-order chi connectivity index (χ1) is 15.0. The van der Waals surface area contributed by atoms with Gasteiger partial charge < -0.3 is 14.8 Å². The van der Waals surface area contributed by atoms with Crippen LogP contribution in [-0.4, -0.2) is 39.4 Å². The first-order valence-electron chi connectivity index (χ1n) is 10.6. The second-order valence-corrected chi connectivity index (χ2v) is 8.10. The number of hydrogen-bond acceptors (Lipinski definition) is 4. The van der Waals surface area contributed by atoms with Crippen LogP contribution in [0, 0.1) is 0 Å². The molecule has 7 heteroatoms. The molecule has 0 unspecified atom stereocenters. The molecule has 31 heavy (non-hydrogen) atoms. The first-order valence-corrected chi connectivity index (χ1v) is 10.6. The van der Waals surface area contributed by atoms with Gasteiger partial charge in [0, 0.05) is 37.4 Å². The van der Waals surface area contributed by atoms with Crippen molar-refractivity contribution in [2.24, 2.45) is 0 Å². The van der Waals surface area contributed by atoms with E-state index in [2.05, 4.69) is 10.3 Å². The number of hydrogen-bond donors (Lipinski definition) is 1. The van der Waals surface area contributed by atoms with Crippen LogP contribution in [0.5, 0.6) is 0 Å². The van der Waals surface area contributed by atoms with Gasteiger partial charge in [-0.2, -0.15) is 0 Å². The summed E-state index contributed by atoms with van der Waals surface area (Å²) in [5.41, 5.74) is 1.44. The molecule has 3 aromatic rings. The Hall–Kier alpha value is -3.48. The standard InChI is InChI=1S/C24H26N4O3/c1-27(15-17-10-11-21-18(14-17)6-4-12-25-21)23(30)20-9-5-13-28(24(20)31)16-22(29)26-19-7-2-3-8-19/h4-6,9-14,19H,2-3,7-8,15-16H2,1H3,(H,26,29). The maximum atomic E-state index is 12.9. The average molecular weight is 418 g/mol. The zero-order chi connectivity index (χ0) is 21.8. The Morgan fingerprint density at radius 3 is 2.77 bits per heavy atom. The topological polar surface area (TPSA) is 84.3 Å². The average Bonchev–Trinajstić information content (AvgIpc) is 3.27. The molecule has 0 bridgehead atoms. The van der Waals surface area contributed by atoms with Crippen LogP contribution in [0.4, 0.5) is 0 Å². The highest BCUT2D eigenvalue weighted by Gasteiger charge is 2.20. The third-order valence-electron chi connectivity index (χ3n) is 5.72. The SMILES string of the molecule is CN(Cc1ccc2ncccc2c1)C(=O)c1cccn(CC(=O)NC2CCCC2)c1=O. The number of carbonyl (C=O) groups is 2. The molecule has 7 nitrogen and oxygen atoms in total. The van der Waals surface area contributed by atoms with E-state index in [0.717, 1.165) is 42.1 Å². The Kier molecular flexibility index (Phi) is 6.11. The fourth-order valence-electron chi connectivity index (χ4n) is 4.10. The van der Waals surface area contributed by atoms with Gasteiger partial charge in [-0.3, -0.25) is 19.4 Å². The molecule has 2 heterocycles. The van der Waals surface area contributed by atoms with Crippen molar-refractivity contribution < 1.29 is 9.59 Å². The minimum atomic E-state index is -0.455. The highest BCUT2D eigenvalue weighted by atomic mass is 16.2. The molecule has 2 aromatic heterocycles. The maximum absolute atomic E-state index is 12.9. The predicted octanol–water partition coefficient (Wildman–Crippen LogP) is 2.73. The zero-order valence-electron chi connectivity index (χ0n) is 17.6. The number of nitrogens with zero attached hydrogens (tertiary/aromatic N) is 3. The predicted molar refractivity (Wildman–Crippen MR) is 119 cm³/mol. The second-order valence-electron chi connectivity index (χ2n) is 8.10. The Morgan fingerprint density at radius 2 is 1.97 bits per heavy atom. The molecule has 1 saturated carbocycles. The van der Waals surface area contributed by atoms with Crippen molar-refractivity contribution in [1.82, 2.24) is 19.8 Å². The number of nitrogens with one attached hydrogen (secondary N) is 1. The van der Waals surface area contributed by atoms with Gasteiger partial charge in [-0.25, -0.2) is 0 Å². The monoisotopic (exact) mass is 418 g/mol. The van der Waals surface area contributed by atoms with Gasteiger partial charge in [0.2, 0.25) is 5.91 Å². The van der Waals surface area contributed by atoms with E-state index in [-0.39, 0.29) is 30.0 Å². The minimum Gasteiger partial charge on any atom is -0.352 e. The summed E-state index contributed by atoms with van der Waals surface area (Å²) in [6.07, 6.45) is 7.49. The number of amides is 2.